The zero-order valence-corrected chi connectivity index (χ0v) is 16.0. The molecule has 0 unspecified atom stereocenters. The van der Waals surface area contributed by atoms with Crippen molar-refractivity contribution in [3.8, 4) is 0 Å². The maximum Gasteiger partial charge on any atom is 0.336 e. The molecule has 2 heterocycles. The van der Waals surface area contributed by atoms with Crippen LogP contribution < -0.4 is 11.2 Å². The molecule has 2 aromatic heterocycles. The van der Waals surface area contributed by atoms with Crippen molar-refractivity contribution in [3.63, 3.8) is 0 Å². The quantitative estimate of drug-likeness (QED) is 0.393. The minimum Gasteiger partial charge on any atom is -0.460 e. The van der Waals surface area contributed by atoms with Crippen LogP contribution >= 0.6 is 0 Å². The predicted molar refractivity (Wildman–Crippen MR) is 108 cm³/mol. The minimum atomic E-state index is -0.505. The molecule has 0 aliphatic rings. The zero-order chi connectivity index (χ0) is 20.5. The fraction of sp³-hybridized carbons (Fsp3) is 0.182. The maximum atomic E-state index is 12.4. The van der Waals surface area contributed by atoms with Crippen molar-refractivity contribution in [1.82, 2.24) is 9.78 Å². The molecule has 0 saturated carbocycles. The zero-order valence-electron chi connectivity index (χ0n) is 16.0. The third-order valence-corrected chi connectivity index (χ3v) is 4.72. The van der Waals surface area contributed by atoms with Gasteiger partial charge in [-0.3, -0.25) is 9.59 Å². The van der Waals surface area contributed by atoms with E-state index in [1.807, 2.05) is 19.1 Å². The van der Waals surface area contributed by atoms with Gasteiger partial charge in [-0.1, -0.05) is 30.3 Å². The molecule has 0 saturated heterocycles. The van der Waals surface area contributed by atoms with Crippen LogP contribution in [-0.4, -0.2) is 15.7 Å². The monoisotopic (exact) mass is 390 g/mol. The van der Waals surface area contributed by atoms with Crippen LogP contribution in [0.1, 0.15) is 16.8 Å². The number of benzene rings is 2. The molecule has 7 heteroatoms. The number of nitrogens with zero attached hydrogens (tertiary/aromatic N) is 2. The van der Waals surface area contributed by atoms with E-state index in [0.717, 1.165) is 5.56 Å². The molecular weight excluding hydrogens is 372 g/mol. The van der Waals surface area contributed by atoms with E-state index in [1.165, 1.54) is 10.7 Å². The molecule has 0 N–H and O–H groups in total. The van der Waals surface area contributed by atoms with Gasteiger partial charge in [0.25, 0.3) is 5.56 Å². The average molecular weight is 390 g/mol. The minimum absolute atomic E-state index is 0.0618. The highest BCUT2D eigenvalue weighted by Gasteiger charge is 2.14. The number of aromatic nitrogens is 2. The Morgan fingerprint density at radius 1 is 1.07 bits per heavy atom. The fourth-order valence-corrected chi connectivity index (χ4v) is 3.31. The second-order valence-electron chi connectivity index (χ2n) is 6.85. The van der Waals surface area contributed by atoms with E-state index in [-0.39, 0.29) is 18.6 Å². The smallest absolute Gasteiger partial charge is 0.336 e. The van der Waals surface area contributed by atoms with E-state index < -0.39 is 11.6 Å². The molecule has 0 radical (unpaired) electrons. The Morgan fingerprint density at radius 2 is 1.83 bits per heavy atom. The lowest BCUT2D eigenvalue weighted by Gasteiger charge is -2.09. The highest BCUT2D eigenvalue weighted by molar-refractivity contribution is 5.87. The van der Waals surface area contributed by atoms with E-state index in [1.54, 1.807) is 37.4 Å². The Kier molecular flexibility index (Phi) is 4.72. The summed E-state index contributed by atoms with van der Waals surface area (Å²) in [5.74, 6) is -0.505. The molecule has 2 aromatic carbocycles. The number of fused-ring (bicyclic) bond motifs is 2. The molecule has 0 spiro atoms. The van der Waals surface area contributed by atoms with Crippen molar-refractivity contribution in [3.05, 3.63) is 86.1 Å². The van der Waals surface area contributed by atoms with E-state index >= 15 is 0 Å². The second kappa shape index (κ2) is 7.35. The highest BCUT2D eigenvalue weighted by Crippen LogP contribution is 2.20. The van der Waals surface area contributed by atoms with Gasteiger partial charge in [-0.05, 0) is 24.6 Å². The van der Waals surface area contributed by atoms with Crippen LogP contribution in [0.3, 0.4) is 0 Å². The first kappa shape index (κ1) is 18.6. The van der Waals surface area contributed by atoms with Gasteiger partial charge in [0.15, 0.2) is 0 Å². The molecule has 0 aliphatic carbocycles. The Balaban J connectivity index is 1.59. The number of rotatable bonds is 4. The number of ether oxygens (including phenoxy) is 1. The Bertz CT molecular complexity index is 1370. The van der Waals surface area contributed by atoms with E-state index in [2.05, 4.69) is 5.10 Å². The van der Waals surface area contributed by atoms with Crippen LogP contribution in [0.25, 0.3) is 21.7 Å². The SMILES string of the molecule is Cc1ccc2c(COC(=O)Cc3nn(C)c(=O)c4ccccc34)cc(=O)oc2c1. The van der Waals surface area contributed by atoms with Gasteiger partial charge in [-0.25, -0.2) is 9.48 Å². The summed E-state index contributed by atoms with van der Waals surface area (Å²) in [6.07, 6.45) is -0.0902. The van der Waals surface area contributed by atoms with Crippen LogP contribution in [0.15, 0.2) is 62.5 Å². The Morgan fingerprint density at radius 3 is 2.62 bits per heavy atom. The van der Waals surface area contributed by atoms with Gasteiger partial charge in [0.2, 0.25) is 0 Å². The standard InChI is InChI=1S/C22H18N2O5/c1-13-7-8-15-14(10-21(26)29-19(15)9-13)12-28-20(25)11-18-16-5-3-4-6-17(16)22(27)24(2)23-18/h3-10H,11-12H2,1-2H3. The summed E-state index contributed by atoms with van der Waals surface area (Å²) in [6.45, 7) is 1.84. The van der Waals surface area contributed by atoms with Crippen LogP contribution in [0.4, 0.5) is 0 Å². The molecular formula is C22H18N2O5. The van der Waals surface area contributed by atoms with Crippen molar-refractivity contribution >= 4 is 27.7 Å². The fourth-order valence-electron chi connectivity index (χ4n) is 3.31. The van der Waals surface area contributed by atoms with Crippen LogP contribution in [-0.2, 0) is 29.6 Å². The first-order valence-corrected chi connectivity index (χ1v) is 9.06. The Hall–Kier alpha value is -3.74. The number of hydrogen-bond donors (Lipinski definition) is 0. The summed E-state index contributed by atoms with van der Waals surface area (Å²) >= 11 is 0. The largest absolute Gasteiger partial charge is 0.460 e. The molecule has 29 heavy (non-hydrogen) atoms. The van der Waals surface area contributed by atoms with Crippen LogP contribution in [0.5, 0.6) is 0 Å². The predicted octanol–water partition coefficient (Wildman–Crippen LogP) is 2.63. The average Bonchev–Trinajstić information content (AvgIpc) is 2.69. The van der Waals surface area contributed by atoms with Crippen molar-refractivity contribution in [2.75, 3.05) is 0 Å². The molecule has 4 aromatic rings. The van der Waals surface area contributed by atoms with Gasteiger partial charge < -0.3 is 9.15 Å². The van der Waals surface area contributed by atoms with Gasteiger partial charge in [-0.2, -0.15) is 5.10 Å². The van der Waals surface area contributed by atoms with Gasteiger partial charge >= 0.3 is 11.6 Å². The van der Waals surface area contributed by atoms with Crippen molar-refractivity contribution in [1.29, 1.82) is 0 Å². The van der Waals surface area contributed by atoms with Crippen LogP contribution in [0.2, 0.25) is 0 Å². The number of carbonyl (C=O) groups excluding carboxylic acids is 1. The van der Waals surface area contributed by atoms with Gasteiger partial charge in [-0.15, -0.1) is 0 Å². The molecule has 4 rings (SSSR count). The molecule has 7 nitrogen and oxygen atoms in total. The number of aryl methyl sites for hydroxylation is 2. The summed E-state index contributed by atoms with van der Waals surface area (Å²) in [6, 6.07) is 13.8. The lowest BCUT2D eigenvalue weighted by molar-refractivity contribution is -0.144. The van der Waals surface area contributed by atoms with Crippen molar-refractivity contribution in [2.24, 2.45) is 7.05 Å². The topological polar surface area (TPSA) is 91.4 Å². The molecule has 0 amide bonds. The van der Waals surface area contributed by atoms with Gasteiger partial charge in [0.05, 0.1) is 17.5 Å². The summed E-state index contributed by atoms with van der Waals surface area (Å²) in [4.78, 5) is 36.5. The molecule has 0 fully saturated rings. The summed E-state index contributed by atoms with van der Waals surface area (Å²) in [5.41, 5.74) is 1.72. The van der Waals surface area contributed by atoms with Crippen LogP contribution in [0, 0.1) is 6.92 Å². The first-order chi connectivity index (χ1) is 13.9. The van der Waals surface area contributed by atoms with Gasteiger partial charge in [0, 0.05) is 29.4 Å². The maximum absolute atomic E-state index is 12.4. The number of carbonyl (C=O) groups is 1. The lowest BCUT2D eigenvalue weighted by Crippen LogP contribution is -2.23. The van der Waals surface area contributed by atoms with Gasteiger partial charge in [0.1, 0.15) is 12.2 Å². The molecule has 146 valence electrons. The second-order valence-corrected chi connectivity index (χ2v) is 6.85. The summed E-state index contributed by atoms with van der Waals surface area (Å²) in [7, 11) is 1.54. The third-order valence-electron chi connectivity index (χ3n) is 4.72. The lowest BCUT2D eigenvalue weighted by atomic mass is 10.1. The molecule has 0 aliphatic heterocycles. The number of hydrogen-bond acceptors (Lipinski definition) is 6. The van der Waals surface area contributed by atoms with Crippen molar-refractivity contribution in [2.45, 2.75) is 20.0 Å². The van der Waals surface area contributed by atoms with E-state index in [9.17, 15) is 14.4 Å². The Labute approximate surface area is 165 Å². The summed E-state index contributed by atoms with van der Waals surface area (Å²) in [5, 5.41) is 6.04. The summed E-state index contributed by atoms with van der Waals surface area (Å²) < 4.78 is 11.8. The van der Waals surface area contributed by atoms with E-state index in [4.69, 9.17) is 9.15 Å². The third kappa shape index (κ3) is 3.67. The first-order valence-electron chi connectivity index (χ1n) is 9.06. The highest BCUT2D eigenvalue weighted by atomic mass is 16.5. The molecule has 0 bridgehead atoms. The van der Waals surface area contributed by atoms with Crippen molar-refractivity contribution < 1.29 is 13.9 Å². The molecule has 0 atom stereocenters. The number of esters is 1. The van der Waals surface area contributed by atoms with E-state index in [0.29, 0.717) is 33.0 Å². The normalized spacial score (nSPS) is 11.1.